The average Bonchev–Trinajstić information content (AvgIpc) is 2.75. The summed E-state index contributed by atoms with van der Waals surface area (Å²) >= 11 is 0. The molecule has 4 heteroatoms. The molecule has 0 aliphatic rings. The minimum atomic E-state index is -0.906. The van der Waals surface area contributed by atoms with Gasteiger partial charge in [0.25, 0.3) is 0 Å². The third kappa shape index (κ3) is 2.48. The van der Waals surface area contributed by atoms with Crippen molar-refractivity contribution >= 4 is 17.0 Å². The van der Waals surface area contributed by atoms with Crippen LogP contribution < -0.4 is 0 Å². The number of imidazole rings is 1. The van der Waals surface area contributed by atoms with Crippen LogP contribution in [0.15, 0.2) is 18.2 Å². The van der Waals surface area contributed by atoms with Crippen molar-refractivity contribution in [1.29, 1.82) is 0 Å². The van der Waals surface area contributed by atoms with Gasteiger partial charge in [0.2, 0.25) is 0 Å². The molecule has 1 unspecified atom stereocenters. The van der Waals surface area contributed by atoms with Crippen molar-refractivity contribution in [3.05, 3.63) is 29.6 Å². The highest BCUT2D eigenvalue weighted by Crippen LogP contribution is 2.24. The van der Waals surface area contributed by atoms with Crippen molar-refractivity contribution in [2.45, 2.75) is 46.1 Å². The molecule has 2 aromatic rings. The quantitative estimate of drug-likeness (QED) is 0.892. The number of aromatic carboxylic acids is 1. The molecule has 1 aromatic heterocycles. The fourth-order valence-corrected chi connectivity index (χ4v) is 2.36. The number of carbonyl (C=O) groups is 1. The molecule has 1 aromatic carbocycles. The summed E-state index contributed by atoms with van der Waals surface area (Å²) in [6.45, 7) is 6.45. The first-order chi connectivity index (χ1) is 9.08. The Bertz CT molecular complexity index is 601. The number of aryl methyl sites for hydroxylation is 1. The van der Waals surface area contributed by atoms with Crippen LogP contribution in [-0.4, -0.2) is 20.6 Å². The second-order valence-corrected chi connectivity index (χ2v) is 4.91. The van der Waals surface area contributed by atoms with Gasteiger partial charge in [0.05, 0.1) is 16.6 Å². The Balaban J connectivity index is 2.62. The highest BCUT2D eigenvalue weighted by Gasteiger charge is 2.15. The molecule has 4 nitrogen and oxygen atoms in total. The Morgan fingerprint density at radius 2 is 2.16 bits per heavy atom. The second-order valence-electron chi connectivity index (χ2n) is 4.91. The van der Waals surface area contributed by atoms with Gasteiger partial charge >= 0.3 is 5.97 Å². The van der Waals surface area contributed by atoms with Gasteiger partial charge in [-0.1, -0.05) is 13.8 Å². The zero-order valence-electron chi connectivity index (χ0n) is 11.7. The molecule has 0 saturated carbocycles. The lowest BCUT2D eigenvalue weighted by Gasteiger charge is -2.15. The van der Waals surface area contributed by atoms with E-state index in [-0.39, 0.29) is 0 Å². The van der Waals surface area contributed by atoms with Crippen LogP contribution in [0.5, 0.6) is 0 Å². The molecule has 2 rings (SSSR count). The van der Waals surface area contributed by atoms with Gasteiger partial charge in [0, 0.05) is 12.5 Å². The van der Waals surface area contributed by atoms with Crippen LogP contribution in [0.4, 0.5) is 0 Å². The van der Waals surface area contributed by atoms with Crippen LogP contribution in [-0.2, 0) is 6.42 Å². The molecule has 0 spiro atoms. The molecule has 19 heavy (non-hydrogen) atoms. The third-order valence-corrected chi connectivity index (χ3v) is 3.51. The zero-order chi connectivity index (χ0) is 14.0. The predicted octanol–water partition coefficient (Wildman–Crippen LogP) is 3.66. The lowest BCUT2D eigenvalue weighted by molar-refractivity contribution is 0.0697. The summed E-state index contributed by atoms with van der Waals surface area (Å²) in [6, 6.07) is 5.57. The standard InChI is InChI=1S/C15H20N2O2/c1-4-6-14-16-12-9-11(15(18)19)7-8-13(12)17(14)10(3)5-2/h7-10H,4-6H2,1-3H3,(H,18,19). The maximum atomic E-state index is 11.0. The zero-order valence-corrected chi connectivity index (χ0v) is 11.7. The number of carboxylic acids is 1. The number of aromatic nitrogens is 2. The predicted molar refractivity (Wildman–Crippen MR) is 75.7 cm³/mol. The first-order valence-corrected chi connectivity index (χ1v) is 6.82. The van der Waals surface area contributed by atoms with Crippen LogP contribution in [0.2, 0.25) is 0 Å². The van der Waals surface area contributed by atoms with E-state index < -0.39 is 5.97 Å². The Labute approximate surface area is 113 Å². The van der Waals surface area contributed by atoms with Crippen molar-refractivity contribution in [2.24, 2.45) is 0 Å². The van der Waals surface area contributed by atoms with Gasteiger partial charge in [0.15, 0.2) is 0 Å². The van der Waals surface area contributed by atoms with Crippen molar-refractivity contribution < 1.29 is 9.90 Å². The molecule has 1 heterocycles. The number of hydrogen-bond acceptors (Lipinski definition) is 2. The third-order valence-electron chi connectivity index (χ3n) is 3.51. The highest BCUT2D eigenvalue weighted by atomic mass is 16.4. The lowest BCUT2D eigenvalue weighted by Crippen LogP contribution is -2.08. The van der Waals surface area contributed by atoms with E-state index in [1.807, 2.05) is 6.07 Å². The molecule has 0 fully saturated rings. The van der Waals surface area contributed by atoms with E-state index in [0.29, 0.717) is 11.6 Å². The number of nitrogens with zero attached hydrogens (tertiary/aromatic N) is 2. The molecule has 0 aliphatic heterocycles. The van der Waals surface area contributed by atoms with Gasteiger partial charge in [-0.15, -0.1) is 0 Å². The summed E-state index contributed by atoms with van der Waals surface area (Å²) in [6.07, 6.45) is 2.98. The monoisotopic (exact) mass is 260 g/mol. The van der Waals surface area contributed by atoms with Crippen LogP contribution in [0.3, 0.4) is 0 Å². The highest BCUT2D eigenvalue weighted by molar-refractivity contribution is 5.92. The molecule has 0 saturated heterocycles. The normalized spacial score (nSPS) is 12.8. The molecule has 1 atom stereocenters. The summed E-state index contributed by atoms with van der Waals surface area (Å²) in [7, 11) is 0. The van der Waals surface area contributed by atoms with Crippen molar-refractivity contribution in [3.63, 3.8) is 0 Å². The Morgan fingerprint density at radius 1 is 1.42 bits per heavy atom. The van der Waals surface area contributed by atoms with Gasteiger partial charge < -0.3 is 9.67 Å². The Kier molecular flexibility index (Phi) is 3.88. The molecule has 0 radical (unpaired) electrons. The minimum Gasteiger partial charge on any atom is -0.478 e. The topological polar surface area (TPSA) is 55.1 Å². The van der Waals surface area contributed by atoms with Gasteiger partial charge in [-0.05, 0) is 38.0 Å². The maximum absolute atomic E-state index is 11.0. The van der Waals surface area contributed by atoms with Crippen LogP contribution in [0, 0.1) is 0 Å². The van der Waals surface area contributed by atoms with E-state index in [2.05, 4.69) is 30.3 Å². The van der Waals surface area contributed by atoms with E-state index in [1.165, 1.54) is 0 Å². The molecular weight excluding hydrogens is 240 g/mol. The molecule has 0 amide bonds. The fraction of sp³-hybridized carbons (Fsp3) is 0.467. The van der Waals surface area contributed by atoms with Crippen molar-refractivity contribution in [2.75, 3.05) is 0 Å². The van der Waals surface area contributed by atoms with E-state index in [4.69, 9.17) is 5.11 Å². The van der Waals surface area contributed by atoms with Crippen molar-refractivity contribution in [3.8, 4) is 0 Å². The molecular formula is C15H20N2O2. The summed E-state index contributed by atoms with van der Waals surface area (Å²) in [5, 5.41) is 9.04. The lowest BCUT2D eigenvalue weighted by atomic mass is 10.2. The number of benzene rings is 1. The molecule has 102 valence electrons. The summed E-state index contributed by atoms with van der Waals surface area (Å²) in [4.78, 5) is 15.6. The van der Waals surface area contributed by atoms with E-state index in [0.717, 1.165) is 36.1 Å². The SMILES string of the molecule is CCCc1nc2cc(C(=O)O)ccc2n1C(C)CC. The fourth-order valence-electron chi connectivity index (χ4n) is 2.36. The first-order valence-electron chi connectivity index (χ1n) is 6.82. The van der Waals surface area contributed by atoms with Crippen LogP contribution >= 0.6 is 0 Å². The van der Waals surface area contributed by atoms with Gasteiger partial charge in [-0.3, -0.25) is 0 Å². The summed E-state index contributed by atoms with van der Waals surface area (Å²) in [5.41, 5.74) is 2.11. The smallest absolute Gasteiger partial charge is 0.335 e. The van der Waals surface area contributed by atoms with Crippen LogP contribution in [0.25, 0.3) is 11.0 Å². The van der Waals surface area contributed by atoms with Crippen molar-refractivity contribution in [1.82, 2.24) is 9.55 Å². The average molecular weight is 260 g/mol. The molecule has 1 N–H and O–H groups in total. The summed E-state index contributed by atoms with van der Waals surface area (Å²) < 4.78 is 2.24. The minimum absolute atomic E-state index is 0.296. The molecule has 0 aliphatic carbocycles. The van der Waals surface area contributed by atoms with E-state index in [1.54, 1.807) is 12.1 Å². The number of rotatable bonds is 5. The van der Waals surface area contributed by atoms with Gasteiger partial charge in [0.1, 0.15) is 5.82 Å². The second kappa shape index (κ2) is 5.43. The number of hydrogen-bond donors (Lipinski definition) is 1. The number of carboxylic acid groups (broad SMARTS) is 1. The Morgan fingerprint density at radius 3 is 2.74 bits per heavy atom. The summed E-state index contributed by atoms with van der Waals surface area (Å²) in [5.74, 6) is 0.145. The van der Waals surface area contributed by atoms with Gasteiger partial charge in [-0.25, -0.2) is 9.78 Å². The number of fused-ring (bicyclic) bond motifs is 1. The van der Waals surface area contributed by atoms with Gasteiger partial charge in [-0.2, -0.15) is 0 Å². The molecule has 0 bridgehead atoms. The Hall–Kier alpha value is -1.84. The largest absolute Gasteiger partial charge is 0.478 e. The van der Waals surface area contributed by atoms with E-state index >= 15 is 0 Å². The van der Waals surface area contributed by atoms with E-state index in [9.17, 15) is 4.79 Å². The first kappa shape index (κ1) is 13.6. The van der Waals surface area contributed by atoms with Crippen LogP contribution in [0.1, 0.15) is 55.8 Å². The maximum Gasteiger partial charge on any atom is 0.335 e.